The van der Waals surface area contributed by atoms with Gasteiger partial charge in [-0.2, -0.15) is 4.74 Å². The number of halogens is 3. The second-order valence-corrected chi connectivity index (χ2v) is 9.31. The molecule has 0 atom stereocenters. The first-order valence-corrected chi connectivity index (χ1v) is 12.6. The summed E-state index contributed by atoms with van der Waals surface area (Å²) in [6, 6.07) is 10.4. The summed E-state index contributed by atoms with van der Waals surface area (Å²) in [6.07, 6.45) is -3.11. The first-order chi connectivity index (χ1) is 19.9. The number of pyridine rings is 1. The molecule has 0 aliphatic heterocycles. The number of carbonyl (C=O) groups excluding carboxylic acids is 2. The molecular formula is C28H23F3N6O5. The lowest BCUT2D eigenvalue weighted by atomic mass is 10.1. The molecule has 14 heteroatoms. The summed E-state index contributed by atoms with van der Waals surface area (Å²) in [5, 5.41) is 2.22. The molecule has 0 aliphatic rings. The summed E-state index contributed by atoms with van der Waals surface area (Å²) in [7, 11) is 1.48. The van der Waals surface area contributed by atoms with E-state index in [-0.39, 0.29) is 28.7 Å². The largest absolute Gasteiger partial charge is 0.381 e. The number of rotatable bonds is 7. The van der Waals surface area contributed by atoms with Crippen LogP contribution in [-0.2, 0) is 13.6 Å². The topological polar surface area (TPSA) is 147 Å². The van der Waals surface area contributed by atoms with Crippen molar-refractivity contribution in [3.05, 3.63) is 97.8 Å². The lowest BCUT2D eigenvalue weighted by molar-refractivity contribution is 0.0991. The number of anilines is 1. The van der Waals surface area contributed by atoms with Gasteiger partial charge in [0.05, 0.1) is 22.2 Å². The Labute approximate surface area is 234 Å². The van der Waals surface area contributed by atoms with Crippen LogP contribution >= 0.6 is 0 Å². The third-order valence-corrected chi connectivity index (χ3v) is 6.69. The van der Waals surface area contributed by atoms with Crippen molar-refractivity contribution >= 4 is 28.4 Å². The Hall–Kier alpha value is -5.40. The van der Waals surface area contributed by atoms with Crippen LogP contribution in [0.3, 0.4) is 0 Å². The summed E-state index contributed by atoms with van der Waals surface area (Å²) in [5.41, 5.74) is 3.50. The van der Waals surface area contributed by atoms with Gasteiger partial charge in [-0.05, 0) is 55.8 Å². The van der Waals surface area contributed by atoms with Crippen LogP contribution in [0.1, 0.15) is 45.6 Å². The normalized spacial score (nSPS) is 11.4. The van der Waals surface area contributed by atoms with Gasteiger partial charge in [-0.3, -0.25) is 23.9 Å². The molecule has 0 radical (unpaired) electrons. The molecule has 0 unspecified atom stereocenters. The Morgan fingerprint density at radius 3 is 2.33 bits per heavy atom. The Morgan fingerprint density at radius 1 is 1.07 bits per heavy atom. The van der Waals surface area contributed by atoms with E-state index >= 15 is 0 Å². The van der Waals surface area contributed by atoms with Crippen LogP contribution in [0.2, 0.25) is 0 Å². The minimum atomic E-state index is -3.11. The van der Waals surface area contributed by atoms with Gasteiger partial charge in [0, 0.05) is 19.3 Å². The molecule has 11 nitrogen and oxygen atoms in total. The number of alkyl halides is 2. The molecule has 0 aliphatic carbocycles. The van der Waals surface area contributed by atoms with Gasteiger partial charge < -0.3 is 15.6 Å². The molecule has 0 spiro atoms. The van der Waals surface area contributed by atoms with Crippen LogP contribution in [0.25, 0.3) is 27.7 Å². The first kappa shape index (κ1) is 28.1. The van der Waals surface area contributed by atoms with Gasteiger partial charge >= 0.3 is 0 Å². The SMILES string of the molecule is CCn1c2c(C(=O)Nc3ccc(F)c(C(N)=O)c3)nc(C(F)F)cc2c(=O)n1-c1ccc(-c2c(C)on(C)c2=O)cc1. The van der Waals surface area contributed by atoms with E-state index in [0.717, 1.165) is 29.0 Å². The average molecular weight is 581 g/mol. The molecule has 3 heterocycles. The predicted molar refractivity (Wildman–Crippen MR) is 147 cm³/mol. The molecule has 5 rings (SSSR count). The molecule has 3 aromatic heterocycles. The number of hydrogen-bond donors (Lipinski definition) is 2. The number of nitrogens with one attached hydrogen (secondary N) is 1. The van der Waals surface area contributed by atoms with E-state index in [0.29, 0.717) is 22.6 Å². The Kier molecular flexibility index (Phi) is 7.06. The van der Waals surface area contributed by atoms with Gasteiger partial charge in [-0.15, -0.1) is 0 Å². The monoisotopic (exact) mass is 580 g/mol. The maximum Gasteiger partial charge on any atom is 0.290 e. The van der Waals surface area contributed by atoms with E-state index in [1.807, 2.05) is 0 Å². The lowest BCUT2D eigenvalue weighted by Crippen LogP contribution is -2.21. The zero-order chi connectivity index (χ0) is 30.5. The first-order valence-electron chi connectivity index (χ1n) is 12.6. The van der Waals surface area contributed by atoms with Gasteiger partial charge in [-0.1, -0.05) is 12.1 Å². The summed E-state index contributed by atoms with van der Waals surface area (Å²) in [5.74, 6) is -2.56. The highest BCUT2D eigenvalue weighted by Crippen LogP contribution is 2.27. The molecule has 0 fully saturated rings. The molecule has 2 aromatic carbocycles. The molecule has 0 bridgehead atoms. The number of nitrogens with two attached hydrogens (primary N) is 1. The van der Waals surface area contributed by atoms with Gasteiger partial charge in [0.25, 0.3) is 29.4 Å². The van der Waals surface area contributed by atoms with Crippen molar-refractivity contribution in [1.82, 2.24) is 19.1 Å². The average Bonchev–Trinajstić information content (AvgIpc) is 3.39. The van der Waals surface area contributed by atoms with Crippen molar-refractivity contribution in [2.24, 2.45) is 12.8 Å². The van der Waals surface area contributed by atoms with Crippen LogP contribution in [-0.4, -0.2) is 30.9 Å². The molecule has 216 valence electrons. The zero-order valence-electron chi connectivity index (χ0n) is 22.4. The van der Waals surface area contributed by atoms with Crippen molar-refractivity contribution in [3.8, 4) is 16.8 Å². The zero-order valence-corrected chi connectivity index (χ0v) is 22.4. The van der Waals surface area contributed by atoms with Crippen molar-refractivity contribution in [1.29, 1.82) is 0 Å². The number of fused-ring (bicyclic) bond motifs is 1. The minimum Gasteiger partial charge on any atom is -0.381 e. The highest BCUT2D eigenvalue weighted by Gasteiger charge is 2.26. The Balaban J connectivity index is 1.66. The van der Waals surface area contributed by atoms with E-state index in [1.165, 1.54) is 16.4 Å². The summed E-state index contributed by atoms with van der Waals surface area (Å²) < 4.78 is 50.6. The standard InChI is InChI=1S/C28H23F3N6O5/c1-4-36-23-18(27(40)37(36)16-8-5-14(6-9-16)21-13(2)42-35(3)28(21)41)12-20(24(30)31)34-22(23)26(39)33-15-7-10-19(29)17(11-15)25(32)38/h5-12,24H,4H2,1-3H3,(H2,32,38)(H,33,39). The fourth-order valence-electron chi connectivity index (χ4n) is 4.81. The smallest absolute Gasteiger partial charge is 0.290 e. The number of primary amides is 1. The molecule has 0 saturated carbocycles. The van der Waals surface area contributed by atoms with Crippen LogP contribution in [0.5, 0.6) is 0 Å². The fraction of sp³-hybridized carbons (Fsp3) is 0.179. The van der Waals surface area contributed by atoms with Crippen molar-refractivity contribution in [2.45, 2.75) is 26.8 Å². The van der Waals surface area contributed by atoms with E-state index in [1.54, 1.807) is 38.1 Å². The van der Waals surface area contributed by atoms with Crippen molar-refractivity contribution in [3.63, 3.8) is 0 Å². The maximum atomic E-state index is 13.9. The second kappa shape index (κ2) is 10.5. The summed E-state index contributed by atoms with van der Waals surface area (Å²) >= 11 is 0. The number of benzene rings is 2. The number of nitrogens with zero attached hydrogens (tertiary/aromatic N) is 4. The highest BCUT2D eigenvalue weighted by atomic mass is 19.3. The summed E-state index contributed by atoms with van der Waals surface area (Å²) in [6.45, 7) is 3.45. The quantitative estimate of drug-likeness (QED) is 0.299. The van der Waals surface area contributed by atoms with E-state index in [4.69, 9.17) is 10.3 Å². The van der Waals surface area contributed by atoms with E-state index in [2.05, 4.69) is 10.3 Å². The van der Waals surface area contributed by atoms with Crippen LogP contribution in [0, 0.1) is 12.7 Å². The van der Waals surface area contributed by atoms with Gasteiger partial charge in [0.1, 0.15) is 22.8 Å². The molecule has 42 heavy (non-hydrogen) atoms. The number of aryl methyl sites for hydroxylation is 3. The van der Waals surface area contributed by atoms with Crippen molar-refractivity contribution < 1.29 is 27.3 Å². The third-order valence-electron chi connectivity index (χ3n) is 6.69. The highest BCUT2D eigenvalue weighted by molar-refractivity contribution is 6.11. The number of hydrogen-bond acceptors (Lipinski definition) is 6. The minimum absolute atomic E-state index is 0.0229. The van der Waals surface area contributed by atoms with Gasteiger partial charge in [0.15, 0.2) is 5.69 Å². The summed E-state index contributed by atoms with van der Waals surface area (Å²) in [4.78, 5) is 54.8. The van der Waals surface area contributed by atoms with E-state index in [9.17, 15) is 32.3 Å². The lowest BCUT2D eigenvalue weighted by Gasteiger charge is -2.13. The molecule has 2 amide bonds. The number of carbonyl (C=O) groups is 2. The predicted octanol–water partition coefficient (Wildman–Crippen LogP) is 3.90. The van der Waals surface area contributed by atoms with Crippen LogP contribution in [0.15, 0.2) is 62.6 Å². The third kappa shape index (κ3) is 4.66. The maximum absolute atomic E-state index is 13.9. The Bertz CT molecular complexity index is 2000. The number of amides is 2. The number of aromatic nitrogens is 4. The Morgan fingerprint density at radius 2 is 1.76 bits per heavy atom. The second-order valence-electron chi connectivity index (χ2n) is 9.31. The molecule has 0 saturated heterocycles. The van der Waals surface area contributed by atoms with Gasteiger partial charge in [-0.25, -0.2) is 22.8 Å². The van der Waals surface area contributed by atoms with Crippen LogP contribution < -0.4 is 22.2 Å². The molecular weight excluding hydrogens is 557 g/mol. The fourth-order valence-corrected chi connectivity index (χ4v) is 4.81. The van der Waals surface area contributed by atoms with Crippen molar-refractivity contribution in [2.75, 3.05) is 5.32 Å². The van der Waals surface area contributed by atoms with Gasteiger partial charge in [0.2, 0.25) is 0 Å². The van der Waals surface area contributed by atoms with Crippen LogP contribution in [0.4, 0.5) is 18.9 Å². The molecule has 5 aromatic rings. The van der Waals surface area contributed by atoms with E-state index < -0.39 is 46.6 Å². The molecule has 3 N–H and O–H groups in total.